The summed E-state index contributed by atoms with van der Waals surface area (Å²) in [6, 6.07) is 8.09. The summed E-state index contributed by atoms with van der Waals surface area (Å²) in [5.74, 6) is -3.23. The highest BCUT2D eigenvalue weighted by atomic mass is 19.2. The lowest BCUT2D eigenvalue weighted by molar-refractivity contribution is -0.467. The van der Waals surface area contributed by atoms with Crippen LogP contribution in [-0.4, -0.2) is 17.8 Å². The Hall–Kier alpha value is -3.80. The largest absolute Gasteiger partial charge is 0.805 e. The normalized spacial score (nSPS) is 10.5. The summed E-state index contributed by atoms with van der Waals surface area (Å²) in [4.78, 5) is 23.8. The predicted octanol–water partition coefficient (Wildman–Crippen LogP) is 2.51. The number of carbonyl (C=O) groups excluding carboxylic acids is 1. The number of esters is 1. The van der Waals surface area contributed by atoms with Crippen LogP contribution in [0.2, 0.25) is 0 Å². The smallest absolute Gasteiger partial charge is 0.363 e. The second-order valence-electron chi connectivity index (χ2n) is 5.22. The van der Waals surface area contributed by atoms with Crippen molar-refractivity contribution in [2.24, 2.45) is 0 Å². The van der Waals surface area contributed by atoms with Crippen LogP contribution in [0.1, 0.15) is 16.1 Å². The van der Waals surface area contributed by atoms with Crippen LogP contribution in [0.3, 0.4) is 0 Å². The van der Waals surface area contributed by atoms with E-state index in [9.17, 15) is 29.0 Å². The monoisotopic (exact) mass is 357 g/mol. The average Bonchev–Trinajstić information content (AvgIpc) is 2.65. The molecule has 130 valence electrons. The third-order valence-electron chi connectivity index (χ3n) is 3.77. The molecule has 3 aromatic rings. The molecule has 0 aliphatic rings. The summed E-state index contributed by atoms with van der Waals surface area (Å²) in [5.41, 5.74) is -1.53. The van der Waals surface area contributed by atoms with Crippen molar-refractivity contribution < 1.29 is 22.7 Å². The highest BCUT2D eigenvalue weighted by Crippen LogP contribution is 2.26. The molecule has 0 N–H and O–H groups in total. The number of hydrogen-bond donors (Lipinski definition) is 0. The molecule has 0 radical (unpaired) electrons. The number of nitriles is 1. The highest BCUT2D eigenvalue weighted by Gasteiger charge is 2.25. The van der Waals surface area contributed by atoms with E-state index >= 15 is 0 Å². The maximum Gasteiger partial charge on any atom is 0.363 e. The fourth-order valence-corrected chi connectivity index (χ4v) is 2.52. The van der Waals surface area contributed by atoms with Crippen LogP contribution in [0, 0.1) is 33.1 Å². The first-order valence-electron chi connectivity index (χ1n) is 7.15. The molecule has 0 aliphatic heterocycles. The van der Waals surface area contributed by atoms with Crippen LogP contribution in [0.25, 0.3) is 22.3 Å². The van der Waals surface area contributed by atoms with Gasteiger partial charge in [0.15, 0.2) is 17.7 Å². The van der Waals surface area contributed by atoms with Gasteiger partial charge in [-0.1, -0.05) is 12.1 Å². The Balaban J connectivity index is 2.34. The first-order chi connectivity index (χ1) is 12.4. The lowest BCUT2D eigenvalue weighted by Gasteiger charge is -2.18. The van der Waals surface area contributed by atoms with Gasteiger partial charge in [0.05, 0.1) is 23.2 Å². The van der Waals surface area contributed by atoms with Gasteiger partial charge in [0, 0.05) is 16.5 Å². The summed E-state index contributed by atoms with van der Waals surface area (Å²) >= 11 is 0. The molecule has 0 unspecified atom stereocenters. The summed E-state index contributed by atoms with van der Waals surface area (Å²) in [6.07, 6.45) is 0. The van der Waals surface area contributed by atoms with Crippen molar-refractivity contribution in [3.05, 3.63) is 69.4 Å². The SMILES string of the molecule is COC(=O)c1ccc(-c2c(C#N)[n+](=O)c3cc(F)c(F)cc3n2[O-])cc1. The van der Waals surface area contributed by atoms with Gasteiger partial charge in [-0.15, -0.1) is 0 Å². The standard InChI is InChI=1S/C17H9F2N3O4/c1-26-17(23)10-4-2-9(3-5-10)16-15(8-20)21(24)13-6-11(18)12(19)7-14(13)22(16)25/h2-7H,1H3. The summed E-state index contributed by atoms with van der Waals surface area (Å²) in [7, 11) is 1.20. The van der Waals surface area contributed by atoms with Crippen molar-refractivity contribution >= 4 is 17.0 Å². The minimum atomic E-state index is -1.32. The van der Waals surface area contributed by atoms with E-state index in [2.05, 4.69) is 4.74 Å². The molecule has 26 heavy (non-hydrogen) atoms. The lowest BCUT2D eigenvalue weighted by Crippen LogP contribution is -2.25. The quantitative estimate of drug-likeness (QED) is 0.518. The molecule has 9 heteroatoms. The number of ether oxygens (including phenoxy) is 1. The third-order valence-corrected chi connectivity index (χ3v) is 3.77. The molecule has 3 rings (SSSR count). The number of aromatic nitrogens is 2. The molecule has 7 nitrogen and oxygen atoms in total. The molecule has 1 heterocycles. The minimum Gasteiger partial charge on any atom is -0.805 e. The van der Waals surface area contributed by atoms with E-state index in [0.717, 1.165) is 0 Å². The number of methoxy groups -OCH3 is 1. The first-order valence-corrected chi connectivity index (χ1v) is 7.15. The van der Waals surface area contributed by atoms with Gasteiger partial charge in [-0.3, -0.25) is 0 Å². The molecule has 1 aromatic heterocycles. The Bertz CT molecular complexity index is 1150. The van der Waals surface area contributed by atoms with E-state index in [1.54, 1.807) is 6.07 Å². The second kappa shape index (κ2) is 6.25. The maximum absolute atomic E-state index is 13.5. The number of rotatable bonds is 2. The molecular formula is C17H9F2N3O4. The number of fused-ring (bicyclic) bond motifs is 1. The molecule has 0 atom stereocenters. The topological polar surface area (TPSA) is 101 Å². The predicted molar refractivity (Wildman–Crippen MR) is 85.5 cm³/mol. The van der Waals surface area contributed by atoms with Gasteiger partial charge in [-0.2, -0.15) is 5.26 Å². The molecule has 0 amide bonds. The van der Waals surface area contributed by atoms with E-state index in [-0.39, 0.29) is 26.0 Å². The van der Waals surface area contributed by atoms with Crippen LogP contribution in [0.15, 0.2) is 36.4 Å². The van der Waals surface area contributed by atoms with Gasteiger partial charge in [-0.25, -0.2) is 13.6 Å². The van der Waals surface area contributed by atoms with Crippen LogP contribution in [0.5, 0.6) is 0 Å². The Kier molecular flexibility index (Phi) is 4.10. The van der Waals surface area contributed by atoms with Gasteiger partial charge >= 0.3 is 11.7 Å². The van der Waals surface area contributed by atoms with Crippen LogP contribution in [-0.2, 0) is 4.74 Å². The Labute approximate surface area is 144 Å². The van der Waals surface area contributed by atoms with E-state index in [0.29, 0.717) is 12.1 Å². The summed E-state index contributed by atoms with van der Waals surface area (Å²) in [5, 5.41) is 21.9. The number of hydrogen-bond acceptors (Lipinski definition) is 5. The summed E-state index contributed by atoms with van der Waals surface area (Å²) in [6.45, 7) is 0. The zero-order chi connectivity index (χ0) is 19.0. The Morgan fingerprint density at radius 1 is 1.23 bits per heavy atom. The Morgan fingerprint density at radius 2 is 1.85 bits per heavy atom. The van der Waals surface area contributed by atoms with Crippen LogP contribution in [0.4, 0.5) is 8.78 Å². The van der Waals surface area contributed by atoms with E-state index in [1.807, 2.05) is 0 Å². The highest BCUT2D eigenvalue weighted by molar-refractivity contribution is 5.90. The van der Waals surface area contributed by atoms with Gasteiger partial charge in [0.25, 0.3) is 5.52 Å². The molecule has 2 aromatic carbocycles. The number of halogens is 2. The van der Waals surface area contributed by atoms with Crippen molar-refractivity contribution in [3.63, 3.8) is 0 Å². The fraction of sp³-hybridized carbons (Fsp3) is 0.0588. The van der Waals surface area contributed by atoms with Crippen LogP contribution < -0.4 is 4.43 Å². The van der Waals surface area contributed by atoms with Gasteiger partial charge in [0.1, 0.15) is 11.2 Å². The van der Waals surface area contributed by atoms with E-state index < -0.39 is 34.3 Å². The Morgan fingerprint density at radius 3 is 2.42 bits per heavy atom. The zero-order valence-electron chi connectivity index (χ0n) is 13.2. The van der Waals surface area contributed by atoms with Crippen molar-refractivity contribution in [2.75, 3.05) is 7.11 Å². The zero-order valence-corrected chi connectivity index (χ0v) is 13.2. The van der Waals surface area contributed by atoms with Gasteiger partial charge in [0.2, 0.25) is 0 Å². The molecule has 0 saturated heterocycles. The maximum atomic E-state index is 13.5. The van der Waals surface area contributed by atoms with Crippen molar-refractivity contribution in [1.82, 2.24) is 4.73 Å². The first kappa shape index (κ1) is 17.0. The molecule has 0 bridgehead atoms. The van der Waals surface area contributed by atoms with E-state index in [1.165, 1.54) is 31.4 Å². The minimum absolute atomic E-state index is 0.0653. The van der Waals surface area contributed by atoms with E-state index in [4.69, 9.17) is 0 Å². The molecular weight excluding hydrogens is 348 g/mol. The lowest BCUT2D eigenvalue weighted by atomic mass is 10.1. The molecule has 0 aliphatic carbocycles. The van der Waals surface area contributed by atoms with Crippen molar-refractivity contribution in [1.29, 1.82) is 5.26 Å². The summed E-state index contributed by atoms with van der Waals surface area (Å²) < 4.78 is 31.7. The average molecular weight is 357 g/mol. The molecule has 0 spiro atoms. The van der Waals surface area contributed by atoms with Crippen molar-refractivity contribution in [3.8, 4) is 17.3 Å². The molecule has 0 saturated carbocycles. The molecule has 0 fully saturated rings. The number of nitrogens with zero attached hydrogens (tertiary/aromatic N) is 3. The van der Waals surface area contributed by atoms with Crippen molar-refractivity contribution in [2.45, 2.75) is 0 Å². The third kappa shape index (κ3) is 2.53. The number of benzene rings is 2. The van der Waals surface area contributed by atoms with Gasteiger partial charge in [-0.05, 0) is 12.1 Å². The fourth-order valence-electron chi connectivity index (χ4n) is 2.52. The van der Waals surface area contributed by atoms with Crippen LogP contribution >= 0.6 is 0 Å². The second-order valence-corrected chi connectivity index (χ2v) is 5.22. The number of carbonyl (C=O) groups is 1. The van der Waals surface area contributed by atoms with Gasteiger partial charge < -0.3 is 14.7 Å².